The number of nitrogens with two attached hydrogens (primary N) is 1. The average molecular weight is 266 g/mol. The van der Waals surface area contributed by atoms with E-state index in [1.165, 1.54) is 10.8 Å². The number of nitrogens with zero attached hydrogens (tertiary/aromatic N) is 2. The Labute approximate surface area is 118 Å². The van der Waals surface area contributed by atoms with Crippen molar-refractivity contribution in [2.45, 2.75) is 13.3 Å². The number of rotatable bonds is 3. The van der Waals surface area contributed by atoms with Gasteiger partial charge >= 0.3 is 0 Å². The van der Waals surface area contributed by atoms with Crippen molar-refractivity contribution in [2.75, 3.05) is 11.1 Å². The first-order chi connectivity index (χ1) is 9.69. The first-order valence-corrected chi connectivity index (χ1v) is 6.76. The zero-order valence-corrected chi connectivity index (χ0v) is 11.7. The molecule has 3 rings (SSSR count). The molecule has 0 unspecified atom stereocenters. The first kappa shape index (κ1) is 12.5. The highest BCUT2D eigenvalue weighted by Crippen LogP contribution is 2.27. The second kappa shape index (κ2) is 4.89. The molecule has 0 aliphatic heterocycles. The van der Waals surface area contributed by atoms with Crippen LogP contribution in [0.25, 0.3) is 10.8 Å². The van der Waals surface area contributed by atoms with Crippen molar-refractivity contribution >= 4 is 28.0 Å². The van der Waals surface area contributed by atoms with E-state index >= 15 is 0 Å². The van der Waals surface area contributed by atoms with Crippen LogP contribution in [0.3, 0.4) is 0 Å². The van der Waals surface area contributed by atoms with Gasteiger partial charge in [0.1, 0.15) is 0 Å². The first-order valence-electron chi connectivity index (χ1n) is 6.76. The van der Waals surface area contributed by atoms with E-state index in [9.17, 15) is 0 Å². The highest BCUT2D eigenvalue weighted by molar-refractivity contribution is 5.87. The summed E-state index contributed by atoms with van der Waals surface area (Å²) in [6.45, 7) is 2.05. The van der Waals surface area contributed by atoms with Gasteiger partial charge in [-0.1, -0.05) is 37.3 Å². The van der Waals surface area contributed by atoms with Crippen LogP contribution in [-0.4, -0.2) is 9.78 Å². The number of nitrogens with one attached hydrogen (secondary N) is 1. The predicted octanol–water partition coefficient (Wildman–Crippen LogP) is 3.46. The number of aryl methyl sites for hydroxylation is 2. The molecule has 20 heavy (non-hydrogen) atoms. The van der Waals surface area contributed by atoms with Crippen molar-refractivity contribution in [3.63, 3.8) is 0 Å². The van der Waals surface area contributed by atoms with Crippen LogP contribution in [0.2, 0.25) is 0 Å². The lowest BCUT2D eigenvalue weighted by Crippen LogP contribution is -2.01. The Balaban J connectivity index is 1.99. The van der Waals surface area contributed by atoms with Crippen LogP contribution in [-0.2, 0) is 13.5 Å². The molecule has 3 N–H and O–H groups in total. The van der Waals surface area contributed by atoms with E-state index in [1.54, 1.807) is 4.68 Å². The largest absolute Gasteiger partial charge is 0.394 e. The van der Waals surface area contributed by atoms with Gasteiger partial charge in [-0.25, -0.2) is 0 Å². The summed E-state index contributed by atoms with van der Waals surface area (Å²) in [5.41, 5.74) is 8.80. The van der Waals surface area contributed by atoms with Gasteiger partial charge in [0.05, 0.1) is 11.4 Å². The normalized spacial score (nSPS) is 10.9. The summed E-state index contributed by atoms with van der Waals surface area (Å²) in [5.74, 6) is 0.845. The smallest absolute Gasteiger partial charge is 0.152 e. The molecule has 0 fully saturated rings. The third kappa shape index (κ3) is 2.09. The van der Waals surface area contributed by atoms with Gasteiger partial charge in [0.25, 0.3) is 0 Å². The second-order valence-electron chi connectivity index (χ2n) is 4.87. The second-order valence-corrected chi connectivity index (χ2v) is 4.87. The number of hydrogen-bond acceptors (Lipinski definition) is 3. The minimum absolute atomic E-state index is 0.725. The monoisotopic (exact) mass is 266 g/mol. The standard InChI is InChI=1S/C16H18N4/c1-3-14-15(17)16(20(2)19-14)18-13-9-8-11-6-4-5-7-12(11)10-13/h4-10,18H,3,17H2,1-2H3. The lowest BCUT2D eigenvalue weighted by Gasteiger charge is -2.09. The summed E-state index contributed by atoms with van der Waals surface area (Å²) in [6.07, 6.45) is 0.832. The zero-order chi connectivity index (χ0) is 14.1. The van der Waals surface area contributed by atoms with Gasteiger partial charge in [0.15, 0.2) is 5.82 Å². The summed E-state index contributed by atoms with van der Waals surface area (Å²) in [5, 5.41) is 10.2. The molecule has 0 aliphatic carbocycles. The van der Waals surface area contributed by atoms with Gasteiger partial charge < -0.3 is 11.1 Å². The van der Waals surface area contributed by atoms with Gasteiger partial charge in [-0.3, -0.25) is 4.68 Å². The third-order valence-electron chi connectivity index (χ3n) is 3.51. The van der Waals surface area contributed by atoms with Crippen molar-refractivity contribution in [1.82, 2.24) is 9.78 Å². The lowest BCUT2D eigenvalue weighted by atomic mass is 10.1. The molecule has 0 radical (unpaired) electrons. The third-order valence-corrected chi connectivity index (χ3v) is 3.51. The fourth-order valence-electron chi connectivity index (χ4n) is 2.41. The van der Waals surface area contributed by atoms with E-state index in [2.05, 4.69) is 47.7 Å². The molecule has 0 spiro atoms. The average Bonchev–Trinajstić information content (AvgIpc) is 2.74. The number of aromatic nitrogens is 2. The minimum Gasteiger partial charge on any atom is -0.394 e. The molecule has 0 bridgehead atoms. The van der Waals surface area contributed by atoms with Gasteiger partial charge in [-0.05, 0) is 29.3 Å². The fraction of sp³-hybridized carbons (Fsp3) is 0.188. The van der Waals surface area contributed by atoms with E-state index < -0.39 is 0 Å². The molecular weight excluding hydrogens is 248 g/mol. The van der Waals surface area contributed by atoms with Crippen molar-refractivity contribution in [3.8, 4) is 0 Å². The molecule has 0 amide bonds. The van der Waals surface area contributed by atoms with E-state index in [0.717, 1.165) is 29.3 Å². The highest BCUT2D eigenvalue weighted by Gasteiger charge is 2.11. The van der Waals surface area contributed by atoms with Gasteiger partial charge in [0.2, 0.25) is 0 Å². The van der Waals surface area contributed by atoms with E-state index in [4.69, 9.17) is 5.73 Å². The van der Waals surface area contributed by atoms with Crippen molar-refractivity contribution in [3.05, 3.63) is 48.2 Å². The molecule has 0 saturated heterocycles. The Hall–Kier alpha value is -2.49. The van der Waals surface area contributed by atoms with Crippen LogP contribution >= 0.6 is 0 Å². The topological polar surface area (TPSA) is 55.9 Å². The molecule has 0 aliphatic rings. The molecule has 4 heteroatoms. The maximum atomic E-state index is 6.13. The van der Waals surface area contributed by atoms with E-state index in [0.29, 0.717) is 0 Å². The Morgan fingerprint density at radius 1 is 1.15 bits per heavy atom. The summed E-state index contributed by atoms with van der Waals surface area (Å²) >= 11 is 0. The summed E-state index contributed by atoms with van der Waals surface area (Å²) in [4.78, 5) is 0. The number of benzene rings is 2. The molecule has 0 atom stereocenters. The Kier molecular flexibility index (Phi) is 3.06. The fourth-order valence-corrected chi connectivity index (χ4v) is 2.41. The number of anilines is 3. The minimum atomic E-state index is 0.725. The van der Waals surface area contributed by atoms with Crippen LogP contribution in [0.1, 0.15) is 12.6 Å². The molecule has 1 heterocycles. The van der Waals surface area contributed by atoms with Crippen LogP contribution < -0.4 is 11.1 Å². The predicted molar refractivity (Wildman–Crippen MR) is 84.2 cm³/mol. The molecule has 4 nitrogen and oxygen atoms in total. The molecule has 1 aromatic heterocycles. The SMILES string of the molecule is CCc1nn(C)c(Nc2ccc3ccccc3c2)c1N. The number of hydrogen-bond donors (Lipinski definition) is 2. The number of fused-ring (bicyclic) bond motifs is 1. The van der Waals surface area contributed by atoms with Crippen LogP contribution in [0.15, 0.2) is 42.5 Å². The maximum Gasteiger partial charge on any atom is 0.152 e. The highest BCUT2D eigenvalue weighted by atomic mass is 15.3. The van der Waals surface area contributed by atoms with E-state index in [-0.39, 0.29) is 0 Å². The van der Waals surface area contributed by atoms with Crippen LogP contribution in [0.4, 0.5) is 17.2 Å². The molecule has 0 saturated carbocycles. The van der Waals surface area contributed by atoms with Gasteiger partial charge in [0, 0.05) is 12.7 Å². The number of nitrogen functional groups attached to an aromatic ring is 1. The van der Waals surface area contributed by atoms with Crippen LogP contribution in [0.5, 0.6) is 0 Å². The van der Waals surface area contributed by atoms with Gasteiger partial charge in [-0.2, -0.15) is 5.10 Å². The zero-order valence-electron chi connectivity index (χ0n) is 11.7. The summed E-state index contributed by atoms with van der Waals surface area (Å²) in [7, 11) is 1.90. The molecular formula is C16H18N4. The van der Waals surface area contributed by atoms with Crippen molar-refractivity contribution in [1.29, 1.82) is 0 Å². The van der Waals surface area contributed by atoms with E-state index in [1.807, 2.05) is 19.2 Å². The Morgan fingerprint density at radius 3 is 2.60 bits per heavy atom. The maximum absolute atomic E-state index is 6.13. The summed E-state index contributed by atoms with van der Waals surface area (Å²) < 4.78 is 1.79. The van der Waals surface area contributed by atoms with Crippen LogP contribution in [0, 0.1) is 0 Å². The van der Waals surface area contributed by atoms with Crippen molar-refractivity contribution < 1.29 is 0 Å². The molecule has 102 valence electrons. The lowest BCUT2D eigenvalue weighted by molar-refractivity contribution is 0.753. The molecule has 3 aromatic rings. The quantitative estimate of drug-likeness (QED) is 0.763. The molecule has 2 aromatic carbocycles. The van der Waals surface area contributed by atoms with Crippen molar-refractivity contribution in [2.24, 2.45) is 7.05 Å². The Bertz CT molecular complexity index is 758. The summed E-state index contributed by atoms with van der Waals surface area (Å²) in [6, 6.07) is 14.6. The Morgan fingerprint density at radius 2 is 1.90 bits per heavy atom. The van der Waals surface area contributed by atoms with Gasteiger partial charge in [-0.15, -0.1) is 0 Å².